The van der Waals surface area contributed by atoms with Crippen LogP contribution >= 0.6 is 11.6 Å². The molecule has 0 saturated carbocycles. The molecule has 1 atom stereocenters. The highest BCUT2D eigenvalue weighted by molar-refractivity contribution is 6.31. The molecule has 26 heavy (non-hydrogen) atoms. The summed E-state index contributed by atoms with van der Waals surface area (Å²) in [6.45, 7) is 3.40. The number of rotatable bonds is 7. The van der Waals surface area contributed by atoms with E-state index in [9.17, 15) is 4.79 Å². The van der Waals surface area contributed by atoms with Crippen LogP contribution in [0.3, 0.4) is 0 Å². The standard InChI is InChI=1S/C19H27ClN4O2/c1-23(2)7-8-24(13-17-4-3-9-26-17)19(25)21-12-16-11-14-10-15(20)5-6-18(14)22-16/h5-6,10-11,17,22H,3-4,7-9,12-13H2,1-2H3,(H,21,25). The van der Waals surface area contributed by atoms with E-state index in [1.54, 1.807) is 0 Å². The predicted molar refractivity (Wildman–Crippen MR) is 105 cm³/mol. The molecule has 0 aliphatic carbocycles. The van der Waals surface area contributed by atoms with Crippen molar-refractivity contribution in [1.29, 1.82) is 0 Å². The first-order valence-corrected chi connectivity index (χ1v) is 9.45. The molecule has 142 valence electrons. The molecule has 2 heterocycles. The third kappa shape index (κ3) is 5.13. The summed E-state index contributed by atoms with van der Waals surface area (Å²) in [6.07, 6.45) is 2.25. The van der Waals surface area contributed by atoms with Gasteiger partial charge in [-0.2, -0.15) is 0 Å². The van der Waals surface area contributed by atoms with E-state index in [0.29, 0.717) is 24.7 Å². The van der Waals surface area contributed by atoms with Gasteiger partial charge in [-0.1, -0.05) is 11.6 Å². The number of carbonyl (C=O) groups excluding carboxylic acids is 1. The van der Waals surface area contributed by atoms with Gasteiger partial charge in [-0.05, 0) is 51.2 Å². The molecule has 0 radical (unpaired) electrons. The molecule has 1 aliphatic rings. The van der Waals surface area contributed by atoms with Gasteiger partial charge in [-0.3, -0.25) is 0 Å². The topological polar surface area (TPSA) is 60.6 Å². The second-order valence-electron chi connectivity index (χ2n) is 7.07. The third-order valence-corrected chi connectivity index (χ3v) is 4.86. The second kappa shape index (κ2) is 8.75. The molecular formula is C19H27ClN4O2. The van der Waals surface area contributed by atoms with Gasteiger partial charge < -0.3 is 24.8 Å². The van der Waals surface area contributed by atoms with Crippen LogP contribution in [-0.2, 0) is 11.3 Å². The molecule has 7 heteroatoms. The molecule has 0 bridgehead atoms. The minimum Gasteiger partial charge on any atom is -0.376 e. The maximum Gasteiger partial charge on any atom is 0.317 e. The third-order valence-electron chi connectivity index (χ3n) is 4.62. The molecule has 3 rings (SSSR count). The Hall–Kier alpha value is -1.76. The number of hydrogen-bond donors (Lipinski definition) is 2. The average molecular weight is 379 g/mol. The van der Waals surface area contributed by atoms with E-state index >= 15 is 0 Å². The lowest BCUT2D eigenvalue weighted by molar-refractivity contribution is 0.0795. The average Bonchev–Trinajstić information content (AvgIpc) is 3.24. The Labute approximate surface area is 159 Å². The van der Waals surface area contributed by atoms with Crippen molar-refractivity contribution in [2.45, 2.75) is 25.5 Å². The van der Waals surface area contributed by atoms with Crippen molar-refractivity contribution >= 4 is 28.5 Å². The van der Waals surface area contributed by atoms with Crippen molar-refractivity contribution in [3.05, 3.63) is 35.0 Å². The van der Waals surface area contributed by atoms with Gasteiger partial charge in [0.05, 0.1) is 12.6 Å². The zero-order valence-corrected chi connectivity index (χ0v) is 16.2. The van der Waals surface area contributed by atoms with E-state index < -0.39 is 0 Å². The normalized spacial score (nSPS) is 17.2. The van der Waals surface area contributed by atoms with Crippen LogP contribution in [-0.4, -0.2) is 67.3 Å². The van der Waals surface area contributed by atoms with Gasteiger partial charge in [-0.15, -0.1) is 0 Å². The molecule has 1 aromatic heterocycles. The number of benzene rings is 1. The SMILES string of the molecule is CN(C)CCN(CC1CCCO1)C(=O)NCc1cc2cc(Cl)ccc2[nH]1. The lowest BCUT2D eigenvalue weighted by atomic mass is 10.2. The molecular weight excluding hydrogens is 352 g/mol. The summed E-state index contributed by atoms with van der Waals surface area (Å²) in [6, 6.07) is 7.68. The number of aromatic nitrogens is 1. The van der Waals surface area contributed by atoms with Crippen LogP contribution in [0.2, 0.25) is 5.02 Å². The zero-order valence-electron chi connectivity index (χ0n) is 15.4. The molecule has 2 N–H and O–H groups in total. The molecule has 2 aromatic rings. The fraction of sp³-hybridized carbons (Fsp3) is 0.526. The first-order valence-electron chi connectivity index (χ1n) is 9.07. The highest BCUT2D eigenvalue weighted by Gasteiger charge is 2.22. The number of carbonyl (C=O) groups is 1. The largest absolute Gasteiger partial charge is 0.376 e. The number of hydrogen-bond acceptors (Lipinski definition) is 3. The van der Waals surface area contributed by atoms with E-state index in [1.165, 1.54) is 0 Å². The molecule has 1 fully saturated rings. The predicted octanol–water partition coefficient (Wildman–Crippen LogP) is 3.07. The van der Waals surface area contributed by atoms with Gasteiger partial charge in [0.15, 0.2) is 0 Å². The highest BCUT2D eigenvalue weighted by Crippen LogP contribution is 2.20. The Morgan fingerprint density at radius 3 is 2.92 bits per heavy atom. The van der Waals surface area contributed by atoms with Crippen LogP contribution in [0.25, 0.3) is 10.9 Å². The number of H-pyrrole nitrogens is 1. The first-order chi connectivity index (χ1) is 12.5. The van der Waals surface area contributed by atoms with Gasteiger partial charge in [0.1, 0.15) is 0 Å². The Morgan fingerprint density at radius 1 is 1.35 bits per heavy atom. The summed E-state index contributed by atoms with van der Waals surface area (Å²) in [5.41, 5.74) is 1.97. The maximum atomic E-state index is 12.7. The van der Waals surface area contributed by atoms with Crippen LogP contribution in [0.1, 0.15) is 18.5 Å². The number of likely N-dealkylation sites (N-methyl/N-ethyl adjacent to an activating group) is 1. The van der Waals surface area contributed by atoms with Crippen LogP contribution in [0, 0.1) is 0 Å². The smallest absolute Gasteiger partial charge is 0.317 e. The quantitative estimate of drug-likeness (QED) is 0.778. The van der Waals surface area contributed by atoms with Gasteiger partial charge in [0.2, 0.25) is 0 Å². The van der Waals surface area contributed by atoms with Crippen LogP contribution in [0.5, 0.6) is 0 Å². The molecule has 2 amide bonds. The van der Waals surface area contributed by atoms with E-state index in [-0.39, 0.29) is 12.1 Å². The number of amides is 2. The maximum absolute atomic E-state index is 12.7. The summed E-state index contributed by atoms with van der Waals surface area (Å²) < 4.78 is 5.70. The van der Waals surface area contributed by atoms with Gasteiger partial charge >= 0.3 is 6.03 Å². The Kier molecular flexibility index (Phi) is 6.40. The van der Waals surface area contributed by atoms with Crippen molar-refractivity contribution < 1.29 is 9.53 Å². The fourth-order valence-electron chi connectivity index (χ4n) is 3.17. The monoisotopic (exact) mass is 378 g/mol. The second-order valence-corrected chi connectivity index (χ2v) is 7.51. The summed E-state index contributed by atoms with van der Waals surface area (Å²) in [5, 5.41) is 4.77. The lowest BCUT2D eigenvalue weighted by Gasteiger charge is -2.27. The first kappa shape index (κ1) is 19.0. The van der Waals surface area contributed by atoms with E-state index in [4.69, 9.17) is 16.3 Å². The molecule has 1 aliphatic heterocycles. The minimum atomic E-state index is -0.0564. The highest BCUT2D eigenvalue weighted by atomic mass is 35.5. The van der Waals surface area contributed by atoms with Crippen molar-refractivity contribution in [3.63, 3.8) is 0 Å². The molecule has 1 aromatic carbocycles. The molecule has 0 spiro atoms. The lowest BCUT2D eigenvalue weighted by Crippen LogP contribution is -2.46. The van der Waals surface area contributed by atoms with Crippen molar-refractivity contribution in [3.8, 4) is 0 Å². The van der Waals surface area contributed by atoms with Gasteiger partial charge in [0, 0.05) is 47.9 Å². The minimum absolute atomic E-state index is 0.0564. The Bertz CT molecular complexity index is 740. The summed E-state index contributed by atoms with van der Waals surface area (Å²) >= 11 is 6.03. The van der Waals surface area contributed by atoms with E-state index in [2.05, 4.69) is 15.2 Å². The van der Waals surface area contributed by atoms with Crippen molar-refractivity contribution in [2.75, 3.05) is 40.3 Å². The number of nitrogens with zero attached hydrogens (tertiary/aromatic N) is 2. The summed E-state index contributed by atoms with van der Waals surface area (Å²) in [4.78, 5) is 19.9. The van der Waals surface area contributed by atoms with Gasteiger partial charge in [0.25, 0.3) is 0 Å². The van der Waals surface area contributed by atoms with E-state index in [1.807, 2.05) is 43.3 Å². The summed E-state index contributed by atoms with van der Waals surface area (Å²) in [7, 11) is 4.02. The number of ether oxygens (including phenoxy) is 1. The van der Waals surface area contributed by atoms with Gasteiger partial charge in [-0.25, -0.2) is 4.79 Å². The van der Waals surface area contributed by atoms with Crippen molar-refractivity contribution in [2.24, 2.45) is 0 Å². The van der Waals surface area contributed by atoms with Crippen LogP contribution < -0.4 is 5.32 Å². The molecule has 1 unspecified atom stereocenters. The van der Waals surface area contributed by atoms with Crippen LogP contribution in [0.4, 0.5) is 4.79 Å². The Morgan fingerprint density at radius 2 is 2.19 bits per heavy atom. The number of nitrogens with one attached hydrogen (secondary N) is 2. The van der Waals surface area contributed by atoms with E-state index in [0.717, 1.165) is 42.6 Å². The number of fused-ring (bicyclic) bond motifs is 1. The van der Waals surface area contributed by atoms with Crippen molar-refractivity contribution in [1.82, 2.24) is 20.1 Å². The molecule has 6 nitrogen and oxygen atoms in total. The van der Waals surface area contributed by atoms with Crippen LogP contribution in [0.15, 0.2) is 24.3 Å². The fourth-order valence-corrected chi connectivity index (χ4v) is 3.35. The number of urea groups is 1. The zero-order chi connectivity index (χ0) is 18.5. The molecule has 1 saturated heterocycles. The summed E-state index contributed by atoms with van der Waals surface area (Å²) in [5.74, 6) is 0. The number of halogens is 1. The Balaban J connectivity index is 1.59. The number of aromatic amines is 1.